The van der Waals surface area contributed by atoms with E-state index in [2.05, 4.69) is 32.1 Å². The minimum absolute atomic E-state index is 0.747. The Morgan fingerprint density at radius 1 is 1.09 bits per heavy atom. The quantitative estimate of drug-likeness (QED) is 0.616. The van der Waals surface area contributed by atoms with E-state index in [-0.39, 0.29) is 0 Å². The number of rotatable bonds is 5. The summed E-state index contributed by atoms with van der Waals surface area (Å²) in [5, 5.41) is 3.59. The van der Waals surface area contributed by atoms with E-state index in [0.717, 1.165) is 44.2 Å². The van der Waals surface area contributed by atoms with Crippen LogP contribution in [0.4, 0.5) is 0 Å². The number of nitrogens with zero attached hydrogens (tertiary/aromatic N) is 4. The summed E-state index contributed by atoms with van der Waals surface area (Å²) in [6.45, 7) is 7.03. The summed E-state index contributed by atoms with van der Waals surface area (Å²) in [7, 11) is 4.20. The first-order chi connectivity index (χ1) is 11.3. The SMILES string of the molecule is CN=C(NCCN(C)C1CCCC1)N1CCC(N2CCCC2)C1. The van der Waals surface area contributed by atoms with Crippen LogP contribution in [0.3, 0.4) is 0 Å². The molecule has 2 heterocycles. The molecule has 0 aromatic heterocycles. The predicted molar refractivity (Wildman–Crippen MR) is 97.0 cm³/mol. The van der Waals surface area contributed by atoms with Gasteiger partial charge in [-0.1, -0.05) is 12.8 Å². The van der Waals surface area contributed by atoms with Crippen LogP contribution in [0.5, 0.6) is 0 Å². The second kappa shape index (κ2) is 8.34. The lowest BCUT2D eigenvalue weighted by Gasteiger charge is -2.27. The molecule has 3 aliphatic rings. The summed E-state index contributed by atoms with van der Waals surface area (Å²) >= 11 is 0. The van der Waals surface area contributed by atoms with Gasteiger partial charge in [0.05, 0.1) is 0 Å². The van der Waals surface area contributed by atoms with E-state index in [4.69, 9.17) is 0 Å². The number of guanidine groups is 1. The standard InChI is InChI=1S/C18H35N5/c1-19-18(20-10-14-21(2)16-7-3-4-8-16)23-13-9-17(15-23)22-11-5-6-12-22/h16-17H,3-15H2,1-2H3,(H,19,20). The maximum atomic E-state index is 4.52. The van der Waals surface area contributed by atoms with Crippen LogP contribution in [-0.4, -0.2) is 86.1 Å². The minimum Gasteiger partial charge on any atom is -0.355 e. The fraction of sp³-hybridized carbons (Fsp3) is 0.944. The summed E-state index contributed by atoms with van der Waals surface area (Å²) in [5.74, 6) is 1.10. The summed E-state index contributed by atoms with van der Waals surface area (Å²) in [5.41, 5.74) is 0. The molecule has 5 heteroatoms. The van der Waals surface area contributed by atoms with Gasteiger partial charge in [-0.05, 0) is 52.2 Å². The van der Waals surface area contributed by atoms with Gasteiger partial charge in [0.2, 0.25) is 0 Å². The molecule has 2 aliphatic heterocycles. The summed E-state index contributed by atoms with van der Waals surface area (Å²) < 4.78 is 0. The number of likely N-dealkylation sites (tertiary alicyclic amines) is 2. The van der Waals surface area contributed by atoms with Gasteiger partial charge < -0.3 is 15.1 Å². The predicted octanol–water partition coefficient (Wildman–Crippen LogP) is 1.61. The van der Waals surface area contributed by atoms with Crippen LogP contribution in [-0.2, 0) is 0 Å². The lowest BCUT2D eigenvalue weighted by molar-refractivity contribution is 0.244. The molecule has 3 fully saturated rings. The van der Waals surface area contributed by atoms with E-state index >= 15 is 0 Å². The molecule has 0 bridgehead atoms. The molecule has 1 N–H and O–H groups in total. The Kier molecular flexibility index (Phi) is 6.17. The van der Waals surface area contributed by atoms with Crippen molar-refractivity contribution in [3.05, 3.63) is 0 Å². The molecule has 132 valence electrons. The number of aliphatic imine (C=N–C) groups is 1. The first kappa shape index (κ1) is 17.0. The number of hydrogen-bond donors (Lipinski definition) is 1. The topological polar surface area (TPSA) is 34.1 Å². The molecule has 5 nitrogen and oxygen atoms in total. The van der Waals surface area contributed by atoms with Crippen LogP contribution >= 0.6 is 0 Å². The Morgan fingerprint density at radius 2 is 1.83 bits per heavy atom. The maximum absolute atomic E-state index is 4.52. The van der Waals surface area contributed by atoms with E-state index in [1.54, 1.807) is 0 Å². The maximum Gasteiger partial charge on any atom is 0.193 e. The Balaban J connectivity index is 1.39. The van der Waals surface area contributed by atoms with Crippen molar-refractivity contribution < 1.29 is 0 Å². The van der Waals surface area contributed by atoms with Gasteiger partial charge >= 0.3 is 0 Å². The zero-order valence-corrected chi connectivity index (χ0v) is 15.1. The molecule has 1 atom stereocenters. The molecule has 0 radical (unpaired) electrons. The molecule has 0 aromatic carbocycles. The van der Waals surface area contributed by atoms with Gasteiger partial charge in [-0.3, -0.25) is 9.89 Å². The Hall–Kier alpha value is -0.810. The Labute approximate surface area is 142 Å². The average molecular weight is 322 g/mol. The second-order valence-corrected chi connectivity index (χ2v) is 7.52. The highest BCUT2D eigenvalue weighted by Gasteiger charge is 2.30. The van der Waals surface area contributed by atoms with Gasteiger partial charge in [0.25, 0.3) is 0 Å². The van der Waals surface area contributed by atoms with Crippen molar-refractivity contribution in [1.82, 2.24) is 20.0 Å². The van der Waals surface area contributed by atoms with Crippen molar-refractivity contribution in [1.29, 1.82) is 0 Å². The van der Waals surface area contributed by atoms with Gasteiger partial charge in [0.15, 0.2) is 5.96 Å². The molecule has 3 rings (SSSR count). The van der Waals surface area contributed by atoms with Crippen molar-refractivity contribution in [3.8, 4) is 0 Å². The fourth-order valence-electron chi connectivity index (χ4n) is 4.54. The molecular formula is C18H35N5. The lowest BCUT2D eigenvalue weighted by Crippen LogP contribution is -2.45. The zero-order chi connectivity index (χ0) is 16.1. The van der Waals surface area contributed by atoms with Crippen LogP contribution in [0.2, 0.25) is 0 Å². The summed E-state index contributed by atoms with van der Waals surface area (Å²) in [6, 6.07) is 1.56. The van der Waals surface area contributed by atoms with Gasteiger partial charge in [-0.25, -0.2) is 0 Å². The average Bonchev–Trinajstić information content (AvgIpc) is 3.33. The highest BCUT2D eigenvalue weighted by Crippen LogP contribution is 2.22. The third kappa shape index (κ3) is 4.38. The molecule has 1 aliphatic carbocycles. The van der Waals surface area contributed by atoms with Crippen LogP contribution in [0, 0.1) is 0 Å². The van der Waals surface area contributed by atoms with Gasteiger partial charge in [-0.15, -0.1) is 0 Å². The molecular weight excluding hydrogens is 286 g/mol. The van der Waals surface area contributed by atoms with E-state index in [1.165, 1.54) is 58.0 Å². The van der Waals surface area contributed by atoms with Crippen molar-refractivity contribution in [2.45, 2.75) is 57.0 Å². The lowest BCUT2D eigenvalue weighted by atomic mass is 10.2. The van der Waals surface area contributed by atoms with Crippen molar-refractivity contribution in [2.24, 2.45) is 4.99 Å². The Bertz CT molecular complexity index is 385. The highest BCUT2D eigenvalue weighted by molar-refractivity contribution is 5.80. The fourth-order valence-corrected chi connectivity index (χ4v) is 4.54. The molecule has 0 aromatic rings. The monoisotopic (exact) mass is 321 g/mol. The van der Waals surface area contributed by atoms with Crippen molar-refractivity contribution >= 4 is 5.96 Å². The van der Waals surface area contributed by atoms with Crippen molar-refractivity contribution in [2.75, 3.05) is 53.4 Å². The Morgan fingerprint density at radius 3 is 2.52 bits per heavy atom. The smallest absolute Gasteiger partial charge is 0.193 e. The molecule has 0 spiro atoms. The van der Waals surface area contributed by atoms with Crippen molar-refractivity contribution in [3.63, 3.8) is 0 Å². The molecule has 23 heavy (non-hydrogen) atoms. The van der Waals surface area contributed by atoms with Gasteiger partial charge in [-0.2, -0.15) is 0 Å². The van der Waals surface area contributed by atoms with Crippen LogP contribution in [0.25, 0.3) is 0 Å². The largest absolute Gasteiger partial charge is 0.355 e. The molecule has 1 unspecified atom stereocenters. The first-order valence-electron chi connectivity index (χ1n) is 9.68. The normalized spacial score (nSPS) is 27.5. The van der Waals surface area contributed by atoms with E-state index in [9.17, 15) is 0 Å². The molecule has 1 saturated carbocycles. The first-order valence-corrected chi connectivity index (χ1v) is 9.68. The van der Waals surface area contributed by atoms with Crippen LogP contribution < -0.4 is 5.32 Å². The summed E-state index contributed by atoms with van der Waals surface area (Å²) in [4.78, 5) is 12.2. The number of nitrogens with one attached hydrogen (secondary N) is 1. The number of hydrogen-bond acceptors (Lipinski definition) is 3. The minimum atomic E-state index is 0.747. The van der Waals surface area contributed by atoms with E-state index < -0.39 is 0 Å². The van der Waals surface area contributed by atoms with Crippen LogP contribution in [0.15, 0.2) is 4.99 Å². The van der Waals surface area contributed by atoms with Crippen LogP contribution in [0.1, 0.15) is 44.9 Å². The summed E-state index contributed by atoms with van der Waals surface area (Å²) in [6.07, 6.45) is 9.66. The van der Waals surface area contributed by atoms with E-state index in [1.807, 2.05) is 7.05 Å². The number of likely N-dealkylation sites (N-methyl/N-ethyl adjacent to an activating group) is 1. The van der Waals surface area contributed by atoms with Gasteiger partial charge in [0, 0.05) is 45.3 Å². The van der Waals surface area contributed by atoms with Gasteiger partial charge in [0.1, 0.15) is 0 Å². The third-order valence-corrected chi connectivity index (χ3v) is 6.03. The molecule has 0 amide bonds. The third-order valence-electron chi connectivity index (χ3n) is 6.03. The second-order valence-electron chi connectivity index (χ2n) is 7.52. The molecule has 2 saturated heterocycles. The zero-order valence-electron chi connectivity index (χ0n) is 15.1. The van der Waals surface area contributed by atoms with E-state index in [0.29, 0.717) is 0 Å². The highest BCUT2D eigenvalue weighted by atomic mass is 15.3.